The number of piperazine rings is 1. The number of para-hydroxylation sites is 2. The summed E-state index contributed by atoms with van der Waals surface area (Å²) in [5.74, 6) is -0.928. The van der Waals surface area contributed by atoms with Gasteiger partial charge in [-0.2, -0.15) is 0 Å². The zero-order chi connectivity index (χ0) is 26.0. The third-order valence-corrected chi connectivity index (χ3v) is 9.07. The fourth-order valence-electron chi connectivity index (χ4n) is 4.55. The standard InChI is InChI=1S/C25H32ClN5O4S/c1-17-15-23(18(2)14-19(17)26)36(34,35)31-21-7-5-4-6-20(21)28-25(33)22(31)16-24(32)27-8-9-30-12-10-29(3)11-13-30/h4-7,14-15,22H,8-13,16H2,1-3H3,(H,27,32)(H,28,33)/t22-/m1/s1. The van der Waals surface area contributed by atoms with Gasteiger partial charge in [0.1, 0.15) is 6.04 Å². The Morgan fingerprint density at radius 2 is 1.81 bits per heavy atom. The molecule has 36 heavy (non-hydrogen) atoms. The van der Waals surface area contributed by atoms with Gasteiger partial charge in [-0.05, 0) is 56.3 Å². The van der Waals surface area contributed by atoms with Crippen molar-refractivity contribution in [1.82, 2.24) is 15.1 Å². The van der Waals surface area contributed by atoms with Gasteiger partial charge in [0.2, 0.25) is 11.8 Å². The van der Waals surface area contributed by atoms with Crippen molar-refractivity contribution in [2.75, 3.05) is 55.9 Å². The molecule has 0 bridgehead atoms. The average molecular weight is 534 g/mol. The first-order valence-electron chi connectivity index (χ1n) is 12.0. The molecule has 11 heteroatoms. The number of nitrogens with one attached hydrogen (secondary N) is 2. The summed E-state index contributed by atoms with van der Waals surface area (Å²) in [6.07, 6.45) is -0.298. The Kier molecular flexibility index (Phi) is 7.89. The minimum atomic E-state index is -4.19. The van der Waals surface area contributed by atoms with Crippen LogP contribution in [0.3, 0.4) is 0 Å². The minimum absolute atomic E-state index is 0.0503. The summed E-state index contributed by atoms with van der Waals surface area (Å²) >= 11 is 6.20. The molecular formula is C25H32ClN5O4S. The van der Waals surface area contributed by atoms with Crippen LogP contribution < -0.4 is 14.9 Å². The first-order chi connectivity index (χ1) is 17.1. The third kappa shape index (κ3) is 5.51. The number of hydrogen-bond acceptors (Lipinski definition) is 6. The number of anilines is 2. The number of carbonyl (C=O) groups is 2. The molecule has 1 saturated heterocycles. The number of amides is 2. The molecule has 0 aromatic heterocycles. The number of halogens is 1. The molecule has 0 spiro atoms. The molecule has 4 rings (SSSR count). The van der Waals surface area contributed by atoms with Gasteiger partial charge in [0, 0.05) is 44.3 Å². The summed E-state index contributed by atoms with van der Waals surface area (Å²) < 4.78 is 29.0. The van der Waals surface area contributed by atoms with E-state index >= 15 is 0 Å². The largest absolute Gasteiger partial charge is 0.355 e. The van der Waals surface area contributed by atoms with Crippen LogP contribution in [-0.4, -0.2) is 82.4 Å². The minimum Gasteiger partial charge on any atom is -0.355 e. The molecule has 2 aromatic carbocycles. The first-order valence-corrected chi connectivity index (χ1v) is 13.8. The topological polar surface area (TPSA) is 102 Å². The van der Waals surface area contributed by atoms with Crippen LogP contribution in [-0.2, 0) is 19.6 Å². The molecule has 1 atom stereocenters. The molecular weight excluding hydrogens is 502 g/mol. The maximum atomic E-state index is 14.0. The van der Waals surface area contributed by atoms with E-state index in [-0.39, 0.29) is 17.2 Å². The number of hydrogen-bond donors (Lipinski definition) is 2. The van der Waals surface area contributed by atoms with Crippen LogP contribution in [0.5, 0.6) is 0 Å². The Balaban J connectivity index is 1.58. The van der Waals surface area contributed by atoms with E-state index in [0.717, 1.165) is 30.5 Å². The first kappa shape index (κ1) is 26.4. The second kappa shape index (κ2) is 10.8. The van der Waals surface area contributed by atoms with Gasteiger partial charge in [-0.25, -0.2) is 8.42 Å². The van der Waals surface area contributed by atoms with Crippen LogP contribution in [0.25, 0.3) is 0 Å². The maximum absolute atomic E-state index is 14.0. The highest BCUT2D eigenvalue weighted by Gasteiger charge is 2.42. The summed E-state index contributed by atoms with van der Waals surface area (Å²) in [5, 5.41) is 6.07. The second-order valence-electron chi connectivity index (χ2n) is 9.39. The molecule has 194 valence electrons. The Hall–Kier alpha value is -2.66. The molecule has 0 saturated carbocycles. The third-order valence-electron chi connectivity index (χ3n) is 6.70. The van der Waals surface area contributed by atoms with Gasteiger partial charge >= 0.3 is 0 Å². The van der Waals surface area contributed by atoms with Crippen molar-refractivity contribution in [1.29, 1.82) is 0 Å². The van der Waals surface area contributed by atoms with E-state index in [1.54, 1.807) is 44.2 Å². The predicted molar refractivity (Wildman–Crippen MR) is 141 cm³/mol. The number of likely N-dealkylation sites (N-methyl/N-ethyl adjacent to an activating group) is 1. The number of rotatable bonds is 7. The number of nitrogens with zero attached hydrogens (tertiary/aromatic N) is 3. The van der Waals surface area contributed by atoms with Crippen LogP contribution in [0, 0.1) is 13.8 Å². The maximum Gasteiger partial charge on any atom is 0.265 e. The van der Waals surface area contributed by atoms with Crippen molar-refractivity contribution < 1.29 is 18.0 Å². The van der Waals surface area contributed by atoms with E-state index in [2.05, 4.69) is 27.5 Å². The molecule has 0 unspecified atom stereocenters. The molecule has 2 heterocycles. The van der Waals surface area contributed by atoms with Crippen LogP contribution in [0.15, 0.2) is 41.3 Å². The molecule has 2 aliphatic heterocycles. The van der Waals surface area contributed by atoms with Gasteiger partial charge in [-0.3, -0.25) is 18.8 Å². The van der Waals surface area contributed by atoms with Crippen LogP contribution >= 0.6 is 11.6 Å². The van der Waals surface area contributed by atoms with Crippen LogP contribution in [0.2, 0.25) is 5.02 Å². The lowest BCUT2D eigenvalue weighted by Crippen LogP contribution is -2.53. The summed E-state index contributed by atoms with van der Waals surface area (Å²) in [5.41, 5.74) is 1.76. The Morgan fingerprint density at radius 1 is 1.11 bits per heavy atom. The highest BCUT2D eigenvalue weighted by Crippen LogP contribution is 2.38. The average Bonchev–Trinajstić information content (AvgIpc) is 2.83. The number of sulfonamides is 1. The summed E-state index contributed by atoms with van der Waals surface area (Å²) in [6.45, 7) is 8.33. The second-order valence-corrected chi connectivity index (χ2v) is 11.6. The van der Waals surface area contributed by atoms with Crippen molar-refractivity contribution in [2.24, 2.45) is 0 Å². The predicted octanol–water partition coefficient (Wildman–Crippen LogP) is 2.23. The summed E-state index contributed by atoms with van der Waals surface area (Å²) in [7, 11) is -2.11. The number of benzene rings is 2. The Morgan fingerprint density at radius 3 is 2.53 bits per heavy atom. The number of carbonyl (C=O) groups excluding carboxylic acids is 2. The highest BCUT2D eigenvalue weighted by molar-refractivity contribution is 7.93. The molecule has 2 aromatic rings. The van der Waals surface area contributed by atoms with E-state index in [9.17, 15) is 18.0 Å². The van der Waals surface area contributed by atoms with Gasteiger partial charge < -0.3 is 15.5 Å². The van der Waals surface area contributed by atoms with Crippen molar-refractivity contribution in [3.8, 4) is 0 Å². The fourth-order valence-corrected chi connectivity index (χ4v) is 6.69. The van der Waals surface area contributed by atoms with Gasteiger partial charge in [0.15, 0.2) is 0 Å². The Labute approximate surface area is 217 Å². The molecule has 2 amide bonds. The van der Waals surface area contributed by atoms with Gasteiger partial charge in [-0.1, -0.05) is 23.7 Å². The summed E-state index contributed by atoms with van der Waals surface area (Å²) in [6, 6.07) is 8.56. The smallest absolute Gasteiger partial charge is 0.265 e. The molecule has 0 aliphatic carbocycles. The quantitative estimate of drug-likeness (QED) is 0.566. The normalized spacial score (nSPS) is 19.1. The lowest BCUT2D eigenvalue weighted by atomic mass is 10.1. The SMILES string of the molecule is Cc1cc(S(=O)(=O)N2c3ccccc3NC(=O)[C@H]2CC(=O)NCCN2CCN(C)CC2)c(C)cc1Cl. The van der Waals surface area contributed by atoms with Crippen LogP contribution in [0.1, 0.15) is 17.5 Å². The van der Waals surface area contributed by atoms with E-state index < -0.39 is 22.0 Å². The lowest BCUT2D eigenvalue weighted by molar-refractivity contribution is -0.125. The number of aryl methyl sites for hydroxylation is 2. The van der Waals surface area contributed by atoms with Crippen molar-refractivity contribution in [3.05, 3.63) is 52.5 Å². The monoisotopic (exact) mass is 533 g/mol. The molecule has 9 nitrogen and oxygen atoms in total. The molecule has 0 radical (unpaired) electrons. The Bertz CT molecular complexity index is 1260. The lowest BCUT2D eigenvalue weighted by Gasteiger charge is -2.37. The van der Waals surface area contributed by atoms with E-state index in [1.807, 2.05) is 0 Å². The van der Waals surface area contributed by atoms with E-state index in [1.165, 1.54) is 6.07 Å². The van der Waals surface area contributed by atoms with Crippen molar-refractivity contribution in [3.63, 3.8) is 0 Å². The van der Waals surface area contributed by atoms with Gasteiger partial charge in [0.25, 0.3) is 10.0 Å². The van der Waals surface area contributed by atoms with Gasteiger partial charge in [0.05, 0.1) is 22.7 Å². The van der Waals surface area contributed by atoms with E-state index in [0.29, 0.717) is 40.6 Å². The van der Waals surface area contributed by atoms with Crippen molar-refractivity contribution in [2.45, 2.75) is 31.2 Å². The molecule has 1 fully saturated rings. The van der Waals surface area contributed by atoms with Crippen LogP contribution in [0.4, 0.5) is 11.4 Å². The van der Waals surface area contributed by atoms with E-state index in [4.69, 9.17) is 11.6 Å². The highest BCUT2D eigenvalue weighted by atomic mass is 35.5. The number of fused-ring (bicyclic) bond motifs is 1. The zero-order valence-corrected chi connectivity index (χ0v) is 22.3. The van der Waals surface area contributed by atoms with Gasteiger partial charge in [-0.15, -0.1) is 0 Å². The molecule has 2 aliphatic rings. The summed E-state index contributed by atoms with van der Waals surface area (Å²) in [4.78, 5) is 30.6. The van der Waals surface area contributed by atoms with Crippen molar-refractivity contribution >= 4 is 44.8 Å². The zero-order valence-electron chi connectivity index (χ0n) is 20.8. The molecule has 2 N–H and O–H groups in total. The fraction of sp³-hybridized carbons (Fsp3) is 0.440.